The van der Waals surface area contributed by atoms with E-state index in [2.05, 4.69) is 12.2 Å². The molecule has 0 aliphatic heterocycles. The number of nitrogens with one attached hydrogen (secondary N) is 1. The number of carbonyl (C=O) groups is 1. The molecular weight excluding hydrogens is 224 g/mol. The van der Waals surface area contributed by atoms with Crippen LogP contribution in [0.5, 0.6) is 0 Å². The standard InChI is InChI=1S/C15H22N2O/c1-15(7-2-8-15)11-17-14(18)9-12-3-5-13(10-16)6-4-12/h3-6H,2,7-11,16H2,1H3,(H,17,18). The van der Waals surface area contributed by atoms with Gasteiger partial charge in [0.05, 0.1) is 6.42 Å². The monoisotopic (exact) mass is 246 g/mol. The van der Waals surface area contributed by atoms with E-state index in [9.17, 15) is 4.79 Å². The van der Waals surface area contributed by atoms with Crippen LogP contribution in [0.15, 0.2) is 24.3 Å². The second kappa shape index (κ2) is 5.53. The van der Waals surface area contributed by atoms with Gasteiger partial charge in [0, 0.05) is 13.1 Å². The number of carbonyl (C=O) groups excluding carboxylic acids is 1. The lowest BCUT2D eigenvalue weighted by Gasteiger charge is -2.38. The van der Waals surface area contributed by atoms with Crippen LogP contribution in [0.25, 0.3) is 0 Å². The fraction of sp³-hybridized carbons (Fsp3) is 0.533. The summed E-state index contributed by atoms with van der Waals surface area (Å²) >= 11 is 0. The zero-order valence-corrected chi connectivity index (χ0v) is 11.0. The summed E-state index contributed by atoms with van der Waals surface area (Å²) in [7, 11) is 0. The Morgan fingerprint density at radius 2 is 1.89 bits per heavy atom. The van der Waals surface area contributed by atoms with Gasteiger partial charge < -0.3 is 11.1 Å². The van der Waals surface area contributed by atoms with Crippen LogP contribution < -0.4 is 11.1 Å². The number of hydrogen-bond acceptors (Lipinski definition) is 2. The summed E-state index contributed by atoms with van der Waals surface area (Å²) in [5.74, 6) is 0.114. The van der Waals surface area contributed by atoms with Gasteiger partial charge in [-0.25, -0.2) is 0 Å². The first-order valence-electron chi connectivity index (χ1n) is 6.66. The minimum atomic E-state index is 0.114. The molecule has 3 nitrogen and oxygen atoms in total. The number of rotatable bonds is 5. The third kappa shape index (κ3) is 3.33. The molecule has 0 saturated heterocycles. The molecule has 1 aliphatic rings. The summed E-state index contributed by atoms with van der Waals surface area (Å²) in [5.41, 5.74) is 8.03. The molecule has 1 aliphatic carbocycles. The van der Waals surface area contributed by atoms with Crippen molar-refractivity contribution in [2.45, 2.75) is 39.2 Å². The van der Waals surface area contributed by atoms with E-state index in [1.54, 1.807) is 0 Å². The fourth-order valence-corrected chi connectivity index (χ4v) is 2.31. The maximum atomic E-state index is 11.8. The molecule has 2 rings (SSSR count). The second-order valence-corrected chi connectivity index (χ2v) is 5.64. The van der Waals surface area contributed by atoms with Gasteiger partial charge in [0.2, 0.25) is 5.91 Å². The second-order valence-electron chi connectivity index (χ2n) is 5.64. The summed E-state index contributed by atoms with van der Waals surface area (Å²) in [6.45, 7) is 3.60. The molecule has 0 atom stereocenters. The SMILES string of the molecule is CC1(CNC(=O)Cc2ccc(CN)cc2)CCC1. The number of amides is 1. The highest BCUT2D eigenvalue weighted by molar-refractivity contribution is 5.78. The molecule has 1 aromatic rings. The lowest BCUT2D eigenvalue weighted by atomic mass is 9.70. The van der Waals surface area contributed by atoms with Crippen LogP contribution in [0, 0.1) is 5.41 Å². The summed E-state index contributed by atoms with van der Waals surface area (Å²) in [5, 5.41) is 3.04. The lowest BCUT2D eigenvalue weighted by molar-refractivity contribution is -0.121. The van der Waals surface area contributed by atoms with Crippen LogP contribution in [0.4, 0.5) is 0 Å². The maximum absolute atomic E-state index is 11.8. The highest BCUT2D eigenvalue weighted by Crippen LogP contribution is 2.39. The number of benzene rings is 1. The Bertz CT molecular complexity index is 407. The summed E-state index contributed by atoms with van der Waals surface area (Å²) < 4.78 is 0. The number of nitrogens with two attached hydrogens (primary N) is 1. The third-order valence-electron chi connectivity index (χ3n) is 3.90. The van der Waals surface area contributed by atoms with Crippen molar-refractivity contribution in [2.75, 3.05) is 6.54 Å². The fourth-order valence-electron chi connectivity index (χ4n) is 2.31. The smallest absolute Gasteiger partial charge is 0.224 e. The normalized spacial score (nSPS) is 17.0. The van der Waals surface area contributed by atoms with E-state index in [-0.39, 0.29) is 5.91 Å². The molecule has 18 heavy (non-hydrogen) atoms. The van der Waals surface area contributed by atoms with Gasteiger partial charge in [0.25, 0.3) is 0 Å². The Kier molecular flexibility index (Phi) is 4.02. The third-order valence-corrected chi connectivity index (χ3v) is 3.90. The Morgan fingerprint density at radius 1 is 1.28 bits per heavy atom. The van der Waals surface area contributed by atoms with E-state index in [0.717, 1.165) is 17.7 Å². The number of hydrogen-bond donors (Lipinski definition) is 2. The van der Waals surface area contributed by atoms with E-state index in [1.165, 1.54) is 19.3 Å². The molecule has 3 N–H and O–H groups in total. The summed E-state index contributed by atoms with van der Waals surface area (Å²) in [6, 6.07) is 7.92. The van der Waals surface area contributed by atoms with Gasteiger partial charge >= 0.3 is 0 Å². The van der Waals surface area contributed by atoms with Gasteiger partial charge in [0.15, 0.2) is 0 Å². The molecule has 0 spiro atoms. The zero-order chi connectivity index (χ0) is 13.0. The van der Waals surface area contributed by atoms with Gasteiger partial charge in [0.1, 0.15) is 0 Å². The van der Waals surface area contributed by atoms with Crippen molar-refractivity contribution >= 4 is 5.91 Å². The predicted octanol–water partition coefficient (Wildman–Crippen LogP) is 1.99. The first-order valence-corrected chi connectivity index (χ1v) is 6.66. The molecule has 0 radical (unpaired) electrons. The van der Waals surface area contributed by atoms with Crippen LogP contribution in [-0.2, 0) is 17.8 Å². The van der Waals surface area contributed by atoms with E-state index < -0.39 is 0 Å². The highest BCUT2D eigenvalue weighted by atomic mass is 16.1. The summed E-state index contributed by atoms with van der Waals surface area (Å²) in [6.07, 6.45) is 4.23. The van der Waals surface area contributed by atoms with Crippen LogP contribution in [-0.4, -0.2) is 12.5 Å². The first-order chi connectivity index (χ1) is 8.61. The van der Waals surface area contributed by atoms with Crippen LogP contribution in [0.2, 0.25) is 0 Å². The van der Waals surface area contributed by atoms with Crippen LogP contribution >= 0.6 is 0 Å². The highest BCUT2D eigenvalue weighted by Gasteiger charge is 2.31. The van der Waals surface area contributed by atoms with Crippen molar-refractivity contribution < 1.29 is 4.79 Å². The minimum absolute atomic E-state index is 0.114. The van der Waals surface area contributed by atoms with Gasteiger partial charge in [-0.2, -0.15) is 0 Å². The molecule has 0 unspecified atom stereocenters. The average Bonchev–Trinajstić information content (AvgIpc) is 2.35. The van der Waals surface area contributed by atoms with Crippen molar-refractivity contribution in [2.24, 2.45) is 11.1 Å². The Balaban J connectivity index is 1.79. The van der Waals surface area contributed by atoms with E-state index in [0.29, 0.717) is 18.4 Å². The molecule has 1 amide bonds. The predicted molar refractivity (Wildman–Crippen MR) is 73.0 cm³/mol. The van der Waals surface area contributed by atoms with Crippen LogP contribution in [0.3, 0.4) is 0 Å². The Labute approximate surface area is 109 Å². The molecule has 1 saturated carbocycles. The largest absolute Gasteiger partial charge is 0.355 e. The van der Waals surface area contributed by atoms with Crippen molar-refractivity contribution in [1.29, 1.82) is 0 Å². The maximum Gasteiger partial charge on any atom is 0.224 e. The van der Waals surface area contributed by atoms with Gasteiger partial charge in [-0.15, -0.1) is 0 Å². The molecule has 1 fully saturated rings. The molecule has 0 bridgehead atoms. The van der Waals surface area contributed by atoms with Gasteiger partial charge in [-0.1, -0.05) is 37.6 Å². The minimum Gasteiger partial charge on any atom is -0.355 e. The lowest BCUT2D eigenvalue weighted by Crippen LogP contribution is -2.40. The molecule has 1 aromatic carbocycles. The molecular formula is C15H22N2O. The van der Waals surface area contributed by atoms with Crippen molar-refractivity contribution in [3.05, 3.63) is 35.4 Å². The Morgan fingerprint density at radius 3 is 2.39 bits per heavy atom. The van der Waals surface area contributed by atoms with E-state index in [1.807, 2.05) is 24.3 Å². The van der Waals surface area contributed by atoms with Crippen molar-refractivity contribution in [3.8, 4) is 0 Å². The first kappa shape index (κ1) is 13.1. The quantitative estimate of drug-likeness (QED) is 0.835. The van der Waals surface area contributed by atoms with Gasteiger partial charge in [-0.05, 0) is 29.4 Å². The van der Waals surface area contributed by atoms with E-state index in [4.69, 9.17) is 5.73 Å². The van der Waals surface area contributed by atoms with Crippen molar-refractivity contribution in [3.63, 3.8) is 0 Å². The zero-order valence-electron chi connectivity index (χ0n) is 11.0. The molecule has 98 valence electrons. The Hall–Kier alpha value is -1.35. The van der Waals surface area contributed by atoms with E-state index >= 15 is 0 Å². The average molecular weight is 246 g/mol. The molecule has 3 heteroatoms. The molecule has 0 heterocycles. The van der Waals surface area contributed by atoms with Gasteiger partial charge in [-0.3, -0.25) is 4.79 Å². The van der Waals surface area contributed by atoms with Crippen LogP contribution in [0.1, 0.15) is 37.3 Å². The van der Waals surface area contributed by atoms with Crippen molar-refractivity contribution in [1.82, 2.24) is 5.32 Å². The topological polar surface area (TPSA) is 55.1 Å². The molecule has 0 aromatic heterocycles. The summed E-state index contributed by atoms with van der Waals surface area (Å²) in [4.78, 5) is 11.8.